The number of rotatable bonds is 5. The SMILES string of the molecule is Cc1coc(-c2ccc(C)c(NC(=O)CCC3CCNC3)c2)n1.Cl. The molecule has 2 heterocycles. The van der Waals surface area contributed by atoms with Crippen molar-refractivity contribution in [3.63, 3.8) is 0 Å². The Balaban J connectivity index is 0.00000208. The van der Waals surface area contributed by atoms with Crippen LogP contribution < -0.4 is 10.6 Å². The van der Waals surface area contributed by atoms with Crippen LogP contribution in [0, 0.1) is 19.8 Å². The second-order valence-electron chi connectivity index (χ2n) is 6.27. The van der Waals surface area contributed by atoms with Gasteiger partial charge in [-0.3, -0.25) is 4.79 Å². The lowest BCUT2D eigenvalue weighted by molar-refractivity contribution is -0.116. The van der Waals surface area contributed by atoms with Crippen LogP contribution in [0.15, 0.2) is 28.9 Å². The minimum atomic E-state index is 0. The fraction of sp³-hybridized carbons (Fsp3) is 0.444. The highest BCUT2D eigenvalue weighted by Crippen LogP contribution is 2.25. The number of hydrogen-bond acceptors (Lipinski definition) is 4. The fourth-order valence-corrected chi connectivity index (χ4v) is 2.89. The van der Waals surface area contributed by atoms with E-state index in [9.17, 15) is 4.79 Å². The molecular weight excluding hydrogens is 326 g/mol. The van der Waals surface area contributed by atoms with Crippen LogP contribution in [-0.2, 0) is 4.79 Å². The van der Waals surface area contributed by atoms with Gasteiger partial charge in [0.05, 0.1) is 5.69 Å². The third-order valence-electron chi connectivity index (χ3n) is 4.32. The van der Waals surface area contributed by atoms with E-state index in [1.807, 2.05) is 32.0 Å². The number of aromatic nitrogens is 1. The van der Waals surface area contributed by atoms with Crippen molar-refractivity contribution >= 4 is 24.0 Å². The summed E-state index contributed by atoms with van der Waals surface area (Å²) in [6, 6.07) is 5.86. The third-order valence-corrected chi connectivity index (χ3v) is 4.32. The van der Waals surface area contributed by atoms with Gasteiger partial charge in [0.1, 0.15) is 6.26 Å². The molecule has 0 saturated carbocycles. The third kappa shape index (κ3) is 4.58. The first-order valence-electron chi connectivity index (χ1n) is 8.15. The molecule has 5 nitrogen and oxygen atoms in total. The summed E-state index contributed by atoms with van der Waals surface area (Å²) in [4.78, 5) is 16.5. The lowest BCUT2D eigenvalue weighted by atomic mass is 10.0. The van der Waals surface area contributed by atoms with Crippen molar-refractivity contribution in [2.75, 3.05) is 18.4 Å². The Hall–Kier alpha value is -1.85. The highest BCUT2D eigenvalue weighted by Gasteiger charge is 2.16. The van der Waals surface area contributed by atoms with Crippen LogP contribution in [0.2, 0.25) is 0 Å². The van der Waals surface area contributed by atoms with Crippen molar-refractivity contribution in [3.05, 3.63) is 35.7 Å². The van der Waals surface area contributed by atoms with Crippen LogP contribution in [0.3, 0.4) is 0 Å². The highest BCUT2D eigenvalue weighted by molar-refractivity contribution is 5.92. The van der Waals surface area contributed by atoms with Crippen molar-refractivity contribution in [1.82, 2.24) is 10.3 Å². The number of halogens is 1. The largest absolute Gasteiger partial charge is 0.444 e. The Kier molecular flexibility index (Phi) is 6.40. The maximum Gasteiger partial charge on any atom is 0.226 e. The predicted molar refractivity (Wildman–Crippen MR) is 97.5 cm³/mol. The summed E-state index contributed by atoms with van der Waals surface area (Å²) >= 11 is 0. The molecule has 1 aromatic carbocycles. The van der Waals surface area contributed by atoms with E-state index in [2.05, 4.69) is 15.6 Å². The quantitative estimate of drug-likeness (QED) is 0.863. The summed E-state index contributed by atoms with van der Waals surface area (Å²) in [7, 11) is 0. The molecule has 1 aliphatic rings. The number of aryl methyl sites for hydroxylation is 2. The molecule has 1 atom stereocenters. The lowest BCUT2D eigenvalue weighted by Gasteiger charge is -2.11. The maximum atomic E-state index is 12.2. The average molecular weight is 350 g/mol. The molecule has 1 fully saturated rings. The molecule has 6 heteroatoms. The number of benzene rings is 1. The molecule has 0 aliphatic carbocycles. The zero-order valence-corrected chi connectivity index (χ0v) is 14.9. The van der Waals surface area contributed by atoms with Gasteiger partial charge in [0.2, 0.25) is 11.8 Å². The van der Waals surface area contributed by atoms with Gasteiger partial charge >= 0.3 is 0 Å². The highest BCUT2D eigenvalue weighted by atomic mass is 35.5. The van der Waals surface area contributed by atoms with Crippen LogP contribution in [0.25, 0.3) is 11.5 Å². The topological polar surface area (TPSA) is 67.2 Å². The van der Waals surface area contributed by atoms with E-state index in [-0.39, 0.29) is 18.3 Å². The maximum absolute atomic E-state index is 12.2. The zero-order chi connectivity index (χ0) is 16.2. The Morgan fingerprint density at radius 2 is 2.25 bits per heavy atom. The van der Waals surface area contributed by atoms with Crippen molar-refractivity contribution < 1.29 is 9.21 Å². The average Bonchev–Trinajstić information content (AvgIpc) is 3.19. The van der Waals surface area contributed by atoms with Gasteiger partial charge in [-0.2, -0.15) is 0 Å². The molecule has 1 saturated heterocycles. The molecule has 0 bridgehead atoms. The molecule has 1 aromatic heterocycles. The van der Waals surface area contributed by atoms with Crippen LogP contribution >= 0.6 is 12.4 Å². The van der Waals surface area contributed by atoms with E-state index in [0.717, 1.165) is 42.0 Å². The fourth-order valence-electron chi connectivity index (χ4n) is 2.89. The molecule has 1 aliphatic heterocycles. The molecule has 2 N–H and O–H groups in total. The van der Waals surface area contributed by atoms with Gasteiger partial charge in [-0.1, -0.05) is 6.07 Å². The summed E-state index contributed by atoms with van der Waals surface area (Å²) in [5, 5.41) is 6.36. The predicted octanol–water partition coefficient (Wildman–Crippen LogP) is 3.71. The van der Waals surface area contributed by atoms with Crippen LogP contribution in [-0.4, -0.2) is 24.0 Å². The smallest absolute Gasteiger partial charge is 0.226 e. The van der Waals surface area contributed by atoms with Gasteiger partial charge < -0.3 is 15.1 Å². The second kappa shape index (κ2) is 8.31. The summed E-state index contributed by atoms with van der Waals surface area (Å²) in [6.07, 6.45) is 4.30. The monoisotopic (exact) mass is 349 g/mol. The minimum Gasteiger partial charge on any atom is -0.444 e. The Bertz CT molecular complexity index is 693. The van der Waals surface area contributed by atoms with Gasteiger partial charge in [0, 0.05) is 17.7 Å². The second-order valence-corrected chi connectivity index (χ2v) is 6.27. The van der Waals surface area contributed by atoms with Crippen molar-refractivity contribution in [2.45, 2.75) is 33.1 Å². The Morgan fingerprint density at radius 1 is 1.42 bits per heavy atom. The Morgan fingerprint density at radius 3 is 2.92 bits per heavy atom. The van der Waals surface area contributed by atoms with E-state index < -0.39 is 0 Å². The normalized spacial score (nSPS) is 16.7. The number of carbonyl (C=O) groups excluding carboxylic acids is 1. The molecule has 1 amide bonds. The molecule has 2 aromatic rings. The van der Waals surface area contributed by atoms with Crippen molar-refractivity contribution in [3.8, 4) is 11.5 Å². The number of carbonyl (C=O) groups is 1. The molecule has 0 spiro atoms. The van der Waals surface area contributed by atoms with Crippen molar-refractivity contribution in [1.29, 1.82) is 0 Å². The number of hydrogen-bond donors (Lipinski definition) is 2. The first-order chi connectivity index (χ1) is 11.1. The first kappa shape index (κ1) is 18.5. The molecule has 130 valence electrons. The van der Waals surface area contributed by atoms with E-state index in [0.29, 0.717) is 18.2 Å². The number of amides is 1. The van der Waals surface area contributed by atoms with Crippen molar-refractivity contribution in [2.24, 2.45) is 5.92 Å². The molecule has 0 radical (unpaired) electrons. The van der Waals surface area contributed by atoms with Gasteiger partial charge in [-0.25, -0.2) is 4.98 Å². The summed E-state index contributed by atoms with van der Waals surface area (Å²) in [5.41, 5.74) is 3.58. The van der Waals surface area contributed by atoms with Gasteiger partial charge in [-0.05, 0) is 63.4 Å². The standard InChI is InChI=1S/C18H23N3O2.ClH/c1-12-3-5-15(18-20-13(2)11-23-18)9-16(12)21-17(22)6-4-14-7-8-19-10-14;/h3,5,9,11,14,19H,4,6-8,10H2,1-2H3,(H,21,22);1H. The van der Waals surface area contributed by atoms with E-state index in [1.54, 1.807) is 6.26 Å². The molecule has 1 unspecified atom stereocenters. The van der Waals surface area contributed by atoms with Crippen LogP contribution in [0.1, 0.15) is 30.5 Å². The van der Waals surface area contributed by atoms with Crippen LogP contribution in [0.4, 0.5) is 5.69 Å². The number of anilines is 1. The molecular formula is C18H24ClN3O2. The summed E-state index contributed by atoms with van der Waals surface area (Å²) < 4.78 is 5.43. The zero-order valence-electron chi connectivity index (χ0n) is 14.1. The van der Waals surface area contributed by atoms with Gasteiger partial charge in [0.25, 0.3) is 0 Å². The minimum absolute atomic E-state index is 0. The lowest BCUT2D eigenvalue weighted by Crippen LogP contribution is -2.15. The van der Waals surface area contributed by atoms with E-state index in [4.69, 9.17) is 4.42 Å². The van der Waals surface area contributed by atoms with Crippen LogP contribution in [0.5, 0.6) is 0 Å². The van der Waals surface area contributed by atoms with Gasteiger partial charge in [-0.15, -0.1) is 12.4 Å². The summed E-state index contributed by atoms with van der Waals surface area (Å²) in [6.45, 7) is 5.98. The Labute approximate surface area is 148 Å². The molecule has 3 rings (SSSR count). The van der Waals surface area contributed by atoms with Gasteiger partial charge in [0.15, 0.2) is 0 Å². The number of nitrogens with zero attached hydrogens (tertiary/aromatic N) is 1. The first-order valence-corrected chi connectivity index (χ1v) is 8.15. The summed E-state index contributed by atoms with van der Waals surface area (Å²) in [5.74, 6) is 1.28. The number of nitrogens with one attached hydrogen (secondary N) is 2. The number of oxazole rings is 1. The molecule has 24 heavy (non-hydrogen) atoms. The van der Waals surface area contributed by atoms with E-state index in [1.165, 1.54) is 6.42 Å². The van der Waals surface area contributed by atoms with E-state index >= 15 is 0 Å².